The SMILES string of the molecule is O=C1c2c(O)c(=O)ccn2N2CN1C1(/C=C\COc3cc(F)c(F)c4c3[C@H]2c2ccccc2SC4)CCC1. The number of hydrogen-bond acceptors (Lipinski definition) is 6. The molecule has 1 aliphatic carbocycles. The highest BCUT2D eigenvalue weighted by Crippen LogP contribution is 2.49. The van der Waals surface area contributed by atoms with Crippen LogP contribution >= 0.6 is 11.8 Å². The first-order chi connectivity index (χ1) is 18.4. The highest BCUT2D eigenvalue weighted by Gasteiger charge is 2.49. The van der Waals surface area contributed by atoms with Gasteiger partial charge in [0, 0.05) is 40.1 Å². The Morgan fingerprint density at radius 1 is 1.13 bits per heavy atom. The molecule has 1 fully saturated rings. The minimum absolute atomic E-state index is 0.0972. The molecule has 1 saturated carbocycles. The summed E-state index contributed by atoms with van der Waals surface area (Å²) < 4.78 is 37.9. The third-order valence-corrected chi connectivity index (χ3v) is 9.18. The average molecular weight is 536 g/mol. The number of pyridine rings is 1. The standard InChI is InChI=1S/C28H23F2N3O4S/c29-18-13-20-22-17(23(18)30)14-38-21-6-2-1-5-16(21)24(22)33-15-31(28(8-3-9-28)10-4-12-37-20)27(36)25-26(35)19(34)7-11-32(25)33/h1-2,4-7,10-11,13,24,35H,3,8-9,12,14-15H2/b10-4-/t24-/m1/s1. The number of nitrogens with zero attached hydrogens (tertiary/aromatic N) is 3. The first-order valence-electron chi connectivity index (χ1n) is 12.5. The Bertz CT molecular complexity index is 1600. The number of rotatable bonds is 0. The fourth-order valence-corrected chi connectivity index (χ4v) is 7.14. The van der Waals surface area contributed by atoms with Crippen molar-refractivity contribution in [1.29, 1.82) is 0 Å². The quantitative estimate of drug-likeness (QED) is 0.429. The Balaban J connectivity index is 1.58. The lowest BCUT2D eigenvalue weighted by atomic mass is 9.74. The van der Waals surface area contributed by atoms with Crippen LogP contribution in [-0.4, -0.2) is 39.4 Å². The van der Waals surface area contributed by atoms with Crippen LogP contribution in [0.4, 0.5) is 8.78 Å². The molecule has 1 spiro atoms. The minimum Gasteiger partial charge on any atom is -0.502 e. The molecule has 3 aliphatic heterocycles. The summed E-state index contributed by atoms with van der Waals surface area (Å²) in [4.78, 5) is 29.0. The fourth-order valence-electron chi connectivity index (χ4n) is 6.04. The molecular weight excluding hydrogens is 512 g/mol. The second-order valence-corrected chi connectivity index (χ2v) is 11.0. The predicted molar refractivity (Wildman–Crippen MR) is 137 cm³/mol. The molecule has 2 bridgehead atoms. The van der Waals surface area contributed by atoms with E-state index in [-0.39, 0.29) is 36.0 Å². The summed E-state index contributed by atoms with van der Waals surface area (Å²) in [7, 11) is 0. The summed E-state index contributed by atoms with van der Waals surface area (Å²) in [6, 6.07) is 9.19. The lowest BCUT2D eigenvalue weighted by molar-refractivity contribution is 0.0255. The molecule has 4 aliphatic rings. The molecule has 4 heterocycles. The van der Waals surface area contributed by atoms with E-state index in [2.05, 4.69) is 0 Å². The highest BCUT2D eigenvalue weighted by atomic mass is 32.2. The molecule has 1 aromatic heterocycles. The molecule has 194 valence electrons. The molecule has 7 rings (SSSR count). The zero-order chi connectivity index (χ0) is 26.2. The molecule has 7 nitrogen and oxygen atoms in total. The van der Waals surface area contributed by atoms with Crippen LogP contribution in [0.2, 0.25) is 0 Å². The number of halogens is 2. The number of hydrogen-bond donors (Lipinski definition) is 1. The van der Waals surface area contributed by atoms with Gasteiger partial charge < -0.3 is 14.7 Å². The lowest BCUT2D eigenvalue weighted by Gasteiger charge is -2.54. The smallest absolute Gasteiger partial charge is 0.278 e. The van der Waals surface area contributed by atoms with Crippen LogP contribution in [0.5, 0.6) is 11.5 Å². The van der Waals surface area contributed by atoms with Crippen LogP contribution < -0.4 is 15.2 Å². The second-order valence-electron chi connectivity index (χ2n) is 10.00. The van der Waals surface area contributed by atoms with Crippen molar-refractivity contribution in [3.05, 3.63) is 99.0 Å². The summed E-state index contributed by atoms with van der Waals surface area (Å²) >= 11 is 1.40. The first kappa shape index (κ1) is 23.3. The molecule has 38 heavy (non-hydrogen) atoms. The van der Waals surface area contributed by atoms with E-state index in [1.807, 2.05) is 35.4 Å². The van der Waals surface area contributed by atoms with Gasteiger partial charge in [-0.1, -0.05) is 24.3 Å². The van der Waals surface area contributed by atoms with Gasteiger partial charge in [-0.15, -0.1) is 11.8 Å². The van der Waals surface area contributed by atoms with Crippen LogP contribution in [-0.2, 0) is 5.75 Å². The molecule has 1 amide bonds. The average Bonchev–Trinajstić information content (AvgIpc) is 3.07. The van der Waals surface area contributed by atoms with Crippen molar-refractivity contribution in [2.24, 2.45) is 0 Å². The number of aromatic hydroxyl groups is 1. The Morgan fingerprint density at radius 3 is 2.74 bits per heavy atom. The van der Waals surface area contributed by atoms with Gasteiger partial charge in [0.1, 0.15) is 25.1 Å². The van der Waals surface area contributed by atoms with E-state index in [1.54, 1.807) is 11.0 Å². The van der Waals surface area contributed by atoms with Crippen LogP contribution in [0.1, 0.15) is 52.5 Å². The zero-order valence-electron chi connectivity index (χ0n) is 20.2. The summed E-state index contributed by atoms with van der Waals surface area (Å²) in [5.41, 5.74) is 0.0186. The maximum absolute atomic E-state index is 15.5. The van der Waals surface area contributed by atoms with Gasteiger partial charge in [0.2, 0.25) is 5.43 Å². The summed E-state index contributed by atoms with van der Waals surface area (Å²) in [5, 5.41) is 12.7. The van der Waals surface area contributed by atoms with Gasteiger partial charge in [-0.25, -0.2) is 8.78 Å². The van der Waals surface area contributed by atoms with E-state index >= 15 is 4.39 Å². The Hall–Kier alpha value is -3.79. The second kappa shape index (κ2) is 8.36. The minimum atomic E-state index is -0.990. The third kappa shape index (κ3) is 3.19. The number of amides is 1. The van der Waals surface area contributed by atoms with Crippen LogP contribution in [0.15, 0.2) is 64.4 Å². The first-order valence-corrected chi connectivity index (χ1v) is 13.4. The van der Waals surface area contributed by atoms with E-state index in [4.69, 9.17) is 4.74 Å². The van der Waals surface area contributed by atoms with Crippen molar-refractivity contribution in [2.75, 3.05) is 18.3 Å². The topological polar surface area (TPSA) is 75.0 Å². The normalized spacial score (nSPS) is 21.7. The lowest BCUT2D eigenvalue weighted by Crippen LogP contribution is -2.64. The Labute approximate surface area is 220 Å². The van der Waals surface area contributed by atoms with Gasteiger partial charge in [0.25, 0.3) is 5.91 Å². The number of carbonyl (C=O) groups is 1. The van der Waals surface area contributed by atoms with E-state index in [0.29, 0.717) is 18.4 Å². The zero-order valence-corrected chi connectivity index (χ0v) is 21.0. The monoisotopic (exact) mass is 535 g/mol. The van der Waals surface area contributed by atoms with Crippen molar-refractivity contribution in [3.8, 4) is 11.5 Å². The summed E-state index contributed by atoms with van der Waals surface area (Å²) in [6.07, 6.45) is 7.51. The molecular formula is C28H23F2N3O4S. The molecule has 0 saturated heterocycles. The predicted octanol–water partition coefficient (Wildman–Crippen LogP) is 4.45. The maximum Gasteiger partial charge on any atom is 0.278 e. The number of carbonyl (C=O) groups excluding carboxylic acids is 1. The summed E-state index contributed by atoms with van der Waals surface area (Å²) in [5.74, 6) is -2.63. The van der Waals surface area contributed by atoms with E-state index in [1.165, 1.54) is 28.7 Å². The number of ether oxygens (including phenoxy) is 1. The van der Waals surface area contributed by atoms with Crippen LogP contribution in [0.3, 0.4) is 0 Å². The molecule has 10 heteroatoms. The molecule has 0 radical (unpaired) electrons. The number of fused-ring (bicyclic) bond motifs is 8. The van der Waals surface area contributed by atoms with Crippen LogP contribution in [0, 0.1) is 11.6 Å². The molecule has 0 unspecified atom stereocenters. The van der Waals surface area contributed by atoms with Crippen molar-refractivity contribution in [3.63, 3.8) is 0 Å². The number of aromatic nitrogens is 1. The van der Waals surface area contributed by atoms with Gasteiger partial charge in [-0.2, -0.15) is 0 Å². The van der Waals surface area contributed by atoms with Gasteiger partial charge >= 0.3 is 0 Å². The van der Waals surface area contributed by atoms with Crippen LogP contribution in [0.25, 0.3) is 0 Å². The van der Waals surface area contributed by atoms with E-state index < -0.39 is 40.3 Å². The largest absolute Gasteiger partial charge is 0.502 e. The van der Waals surface area contributed by atoms with Crippen molar-refractivity contribution >= 4 is 17.7 Å². The summed E-state index contributed by atoms with van der Waals surface area (Å²) in [6.45, 7) is 0.207. The van der Waals surface area contributed by atoms with E-state index in [9.17, 15) is 19.1 Å². The van der Waals surface area contributed by atoms with Gasteiger partial charge in [-0.05, 0) is 37.0 Å². The Kier molecular flexibility index (Phi) is 5.13. The van der Waals surface area contributed by atoms with Gasteiger partial charge in [-0.3, -0.25) is 19.3 Å². The molecule has 1 atom stereocenters. The van der Waals surface area contributed by atoms with Gasteiger partial charge in [0.05, 0.1) is 5.54 Å². The molecule has 2 aromatic carbocycles. The maximum atomic E-state index is 15.5. The van der Waals surface area contributed by atoms with Crippen molar-refractivity contribution in [1.82, 2.24) is 9.58 Å². The van der Waals surface area contributed by atoms with Gasteiger partial charge in [0.15, 0.2) is 23.1 Å². The molecule has 3 aromatic rings. The number of thioether (sulfide) groups is 1. The Morgan fingerprint density at radius 2 is 1.95 bits per heavy atom. The molecule has 1 N–H and O–H groups in total. The highest BCUT2D eigenvalue weighted by molar-refractivity contribution is 7.98. The van der Waals surface area contributed by atoms with E-state index in [0.717, 1.165) is 22.9 Å². The third-order valence-electron chi connectivity index (χ3n) is 8.06. The fraction of sp³-hybridized carbons (Fsp3) is 0.286. The van der Waals surface area contributed by atoms with Crippen molar-refractivity contribution < 1.29 is 23.4 Å². The van der Waals surface area contributed by atoms with Crippen molar-refractivity contribution in [2.45, 2.75) is 41.5 Å². The number of benzene rings is 2.